The van der Waals surface area contributed by atoms with Gasteiger partial charge in [-0.05, 0) is 82.9 Å². The number of ether oxygens (including phenoxy) is 2. The first kappa shape index (κ1) is 50.6. The molecule has 23 heteroatoms. The van der Waals surface area contributed by atoms with Crippen LogP contribution >= 0.6 is 81.2 Å². The minimum absolute atomic E-state index is 0.225. The van der Waals surface area contributed by atoms with E-state index in [-0.39, 0.29) is 5.28 Å². The third-order valence-corrected chi connectivity index (χ3v) is 12.7. The molecule has 8 heterocycles. The van der Waals surface area contributed by atoms with Crippen molar-refractivity contribution in [2.45, 2.75) is 6.54 Å². The zero-order valence-electron chi connectivity index (χ0n) is 36.5. The van der Waals surface area contributed by atoms with Crippen molar-refractivity contribution in [2.24, 2.45) is 5.73 Å². The monoisotopic (exact) mass is 1070 g/mol. The molecular formula is C47H37Cl7N14O2. The molecule has 16 nitrogen and oxygen atoms in total. The number of rotatable bonds is 5. The number of nitrogens with two attached hydrogens (primary N) is 1. The first-order chi connectivity index (χ1) is 34.0. The van der Waals surface area contributed by atoms with E-state index < -0.39 is 0 Å². The molecule has 2 saturated heterocycles. The highest BCUT2D eigenvalue weighted by Crippen LogP contribution is 2.39. The molecule has 2 fully saturated rings. The molecule has 0 aliphatic carbocycles. The van der Waals surface area contributed by atoms with Crippen molar-refractivity contribution >= 4 is 115 Å². The number of hydrogen-bond donors (Lipinski definition) is 2. The molecule has 0 spiro atoms. The Labute approximate surface area is 436 Å². The van der Waals surface area contributed by atoms with Crippen LogP contribution in [0.4, 0.5) is 17.3 Å². The highest BCUT2D eigenvalue weighted by atomic mass is 35.5. The summed E-state index contributed by atoms with van der Waals surface area (Å²) in [4.78, 5) is 9.19. The van der Waals surface area contributed by atoms with Crippen LogP contribution in [0.25, 0.3) is 60.0 Å². The fraction of sp³-hybridized carbons (Fsp3) is 0.191. The first-order valence-electron chi connectivity index (χ1n) is 21.1. The van der Waals surface area contributed by atoms with E-state index in [0.717, 1.165) is 78.8 Å². The molecule has 356 valence electrons. The van der Waals surface area contributed by atoms with Crippen molar-refractivity contribution < 1.29 is 9.47 Å². The minimum atomic E-state index is 0.225. The molecule has 0 atom stereocenters. The number of anilines is 1. The Balaban J connectivity index is 0.000000134. The summed E-state index contributed by atoms with van der Waals surface area (Å²) < 4.78 is 15.7. The Morgan fingerprint density at radius 3 is 1.60 bits per heavy atom. The highest BCUT2D eigenvalue weighted by molar-refractivity contribution is 6.38. The van der Waals surface area contributed by atoms with Gasteiger partial charge in [-0.15, -0.1) is 30.6 Å². The standard InChI is InChI=1S/C17H17Cl2N5O.C13H5Cl3N4.C13H6Cl2N4.C4H9NO/c18-12-1-2-13(15(19)8-12)14-10-24-16(7-11(14)9-20)21-22-17(24)23-3-5-25-6-4-23;1-17-11-5-12-18-19-13(16)20(12)6-9(11)8-3-2-7(14)4-10(8)15;1-16-12-5-13-18-17-7-19(13)6-10(12)9-3-2-8(14)4-11(9)15;1-3-6-4-2-5-1/h1-2,7-8,10H,3-6,9,20H2;2-6H;2-7H;5H,1-4H2. The molecule has 0 bridgehead atoms. The summed E-state index contributed by atoms with van der Waals surface area (Å²) in [5, 5.41) is 30.6. The van der Waals surface area contributed by atoms with Gasteiger partial charge in [0.1, 0.15) is 12.0 Å². The molecule has 2 aliphatic rings. The molecule has 11 rings (SSSR count). The van der Waals surface area contributed by atoms with Gasteiger partial charge in [0.05, 0.1) is 39.6 Å². The van der Waals surface area contributed by atoms with Crippen LogP contribution in [0.1, 0.15) is 5.56 Å². The molecule has 2 aliphatic heterocycles. The van der Waals surface area contributed by atoms with E-state index in [9.17, 15) is 0 Å². The van der Waals surface area contributed by atoms with E-state index in [1.54, 1.807) is 82.1 Å². The summed E-state index contributed by atoms with van der Waals surface area (Å²) in [5.74, 6) is 0.799. The lowest BCUT2D eigenvalue weighted by atomic mass is 10.0. The number of fused-ring (bicyclic) bond motifs is 3. The third kappa shape index (κ3) is 11.7. The van der Waals surface area contributed by atoms with Crippen LogP contribution in [0, 0.1) is 13.1 Å². The van der Waals surface area contributed by atoms with Crippen LogP contribution in [0.15, 0.2) is 97.7 Å². The van der Waals surface area contributed by atoms with Crippen molar-refractivity contribution in [3.8, 4) is 33.4 Å². The van der Waals surface area contributed by atoms with Gasteiger partial charge in [0.15, 0.2) is 22.7 Å². The average Bonchev–Trinajstić information content (AvgIpc) is 4.12. The van der Waals surface area contributed by atoms with Gasteiger partial charge in [-0.1, -0.05) is 87.8 Å². The molecule has 70 heavy (non-hydrogen) atoms. The maximum atomic E-state index is 7.29. The third-order valence-electron chi connectivity index (χ3n) is 10.8. The Bertz CT molecular complexity index is 3400. The van der Waals surface area contributed by atoms with Crippen LogP contribution in [0.2, 0.25) is 35.4 Å². The lowest BCUT2D eigenvalue weighted by Crippen LogP contribution is -2.37. The predicted molar refractivity (Wildman–Crippen MR) is 277 cm³/mol. The summed E-state index contributed by atoms with van der Waals surface area (Å²) in [6.07, 6.45) is 7.06. The average molecular weight is 1080 g/mol. The zero-order chi connectivity index (χ0) is 49.3. The summed E-state index contributed by atoms with van der Waals surface area (Å²) in [6, 6.07) is 21.0. The van der Waals surface area contributed by atoms with Crippen LogP contribution < -0.4 is 16.0 Å². The molecular weight excluding hydrogens is 1040 g/mol. The second-order valence-corrected chi connectivity index (χ2v) is 18.0. The number of nitrogens with zero attached hydrogens (tertiary/aromatic N) is 12. The van der Waals surface area contributed by atoms with Gasteiger partial charge >= 0.3 is 0 Å². The SMILES string of the molecule is C1COCCN1.NCc1cc2nnc(N3CCOCC3)n2cc1-c1ccc(Cl)cc1Cl.[C-]#[N+]c1cc2nnc(Cl)n2cc1-c1ccc(Cl)cc1Cl.[C-]#[N+]c1cc2nncn2cc1-c1ccc(Cl)cc1Cl. The number of morpholine rings is 2. The molecule has 0 radical (unpaired) electrons. The van der Waals surface area contributed by atoms with E-state index in [1.165, 1.54) is 0 Å². The van der Waals surface area contributed by atoms with E-state index >= 15 is 0 Å². The lowest BCUT2D eigenvalue weighted by molar-refractivity contribution is 0.109. The van der Waals surface area contributed by atoms with Gasteiger partial charge < -0.3 is 25.4 Å². The normalized spacial score (nSPS) is 13.4. The topological polar surface area (TPSA) is 159 Å². The maximum Gasteiger partial charge on any atom is 0.231 e. The minimum Gasteiger partial charge on any atom is -0.379 e. The number of benzene rings is 3. The summed E-state index contributed by atoms with van der Waals surface area (Å²) in [6.45, 7) is 21.7. The largest absolute Gasteiger partial charge is 0.379 e. The van der Waals surface area contributed by atoms with E-state index in [4.69, 9.17) is 110 Å². The van der Waals surface area contributed by atoms with Crippen molar-refractivity contribution in [1.82, 2.24) is 49.1 Å². The molecule has 0 saturated carbocycles. The smallest absolute Gasteiger partial charge is 0.231 e. The number of aromatic nitrogens is 9. The number of halogens is 7. The van der Waals surface area contributed by atoms with Gasteiger partial charge in [-0.2, -0.15) is 0 Å². The first-order valence-corrected chi connectivity index (χ1v) is 23.8. The maximum absolute atomic E-state index is 7.29. The van der Waals surface area contributed by atoms with Crippen molar-refractivity contribution in [3.05, 3.63) is 162 Å². The zero-order valence-corrected chi connectivity index (χ0v) is 41.8. The van der Waals surface area contributed by atoms with E-state index in [0.29, 0.717) is 83.7 Å². The molecule has 3 N–H and O–H groups in total. The Hall–Kier alpha value is -5.83. The molecule has 3 aromatic carbocycles. The van der Waals surface area contributed by atoms with Crippen molar-refractivity contribution in [2.75, 3.05) is 57.5 Å². The van der Waals surface area contributed by atoms with Gasteiger partial charge in [-0.3, -0.25) is 13.2 Å². The number of hydrogen-bond acceptors (Lipinski definition) is 11. The van der Waals surface area contributed by atoms with Crippen LogP contribution in [0.3, 0.4) is 0 Å². The Kier molecular flexibility index (Phi) is 16.9. The molecule has 0 unspecified atom stereocenters. The summed E-state index contributed by atoms with van der Waals surface area (Å²) >= 11 is 42.6. The fourth-order valence-corrected chi connectivity index (χ4v) is 9.05. The van der Waals surface area contributed by atoms with Crippen molar-refractivity contribution in [3.63, 3.8) is 0 Å². The van der Waals surface area contributed by atoms with Crippen LogP contribution in [-0.4, -0.2) is 96.4 Å². The fourth-order valence-electron chi connectivity index (χ4n) is 7.35. The molecule has 6 aromatic heterocycles. The van der Waals surface area contributed by atoms with E-state index in [1.807, 2.05) is 28.8 Å². The predicted octanol–water partition coefficient (Wildman–Crippen LogP) is 11.8. The number of nitrogens with one attached hydrogen (secondary N) is 1. The summed E-state index contributed by atoms with van der Waals surface area (Å²) in [5.41, 5.74) is 14.4. The highest BCUT2D eigenvalue weighted by Gasteiger charge is 2.20. The Morgan fingerprint density at radius 1 is 0.557 bits per heavy atom. The molecule has 0 amide bonds. The summed E-state index contributed by atoms with van der Waals surface area (Å²) in [7, 11) is 0. The van der Waals surface area contributed by atoms with Crippen LogP contribution in [-0.2, 0) is 16.0 Å². The van der Waals surface area contributed by atoms with E-state index in [2.05, 4.69) is 50.5 Å². The molecule has 9 aromatic rings. The Morgan fingerprint density at radius 2 is 1.07 bits per heavy atom. The van der Waals surface area contributed by atoms with Gasteiger partial charge in [0.2, 0.25) is 11.2 Å². The quantitative estimate of drug-likeness (QED) is 0.158. The second kappa shape index (κ2) is 23.4. The van der Waals surface area contributed by atoms with Gasteiger partial charge in [-0.25, -0.2) is 9.69 Å². The van der Waals surface area contributed by atoms with Gasteiger partial charge in [0, 0.05) is 104 Å². The van der Waals surface area contributed by atoms with Crippen LogP contribution in [0.5, 0.6) is 0 Å². The lowest BCUT2D eigenvalue weighted by Gasteiger charge is -2.26. The van der Waals surface area contributed by atoms with Crippen molar-refractivity contribution in [1.29, 1.82) is 0 Å². The second-order valence-electron chi connectivity index (χ2n) is 15.1. The van der Waals surface area contributed by atoms with Gasteiger partial charge in [0.25, 0.3) is 0 Å². The number of pyridine rings is 3.